The minimum atomic E-state index is -3.42. The predicted molar refractivity (Wildman–Crippen MR) is 84.1 cm³/mol. The molecule has 1 rings (SSSR count). The van der Waals surface area contributed by atoms with Crippen molar-refractivity contribution in [2.45, 2.75) is 27.3 Å². The number of carbonyl (C=O) groups excluding carboxylic acids is 1. The van der Waals surface area contributed by atoms with Crippen molar-refractivity contribution in [1.82, 2.24) is 9.62 Å². The fraction of sp³-hybridized carbons (Fsp3) is 0.533. The number of nitrogens with zero attached hydrogens (tertiary/aromatic N) is 1. The molecule has 0 aliphatic carbocycles. The standard InChI is InChI=1S/C15H23FN2O3S/c1-15(2,3)14(19)17-9-10-18(22(4,20)21)11-12-5-7-13(16)8-6-12/h5-8H,9-11H2,1-4H3,(H,17,19). The minimum absolute atomic E-state index is 0.136. The van der Waals surface area contributed by atoms with Crippen LogP contribution in [-0.4, -0.2) is 38.0 Å². The first kappa shape index (κ1) is 18.6. The molecule has 0 bridgehead atoms. The van der Waals surface area contributed by atoms with Crippen LogP contribution in [0.1, 0.15) is 26.3 Å². The van der Waals surface area contributed by atoms with Gasteiger partial charge in [0.25, 0.3) is 0 Å². The Morgan fingerprint density at radius 1 is 1.23 bits per heavy atom. The lowest BCUT2D eigenvalue weighted by Crippen LogP contribution is -2.41. The average molecular weight is 330 g/mol. The summed E-state index contributed by atoms with van der Waals surface area (Å²) in [5.41, 5.74) is 0.168. The first-order valence-electron chi connectivity index (χ1n) is 6.98. The molecule has 1 aromatic carbocycles. The summed E-state index contributed by atoms with van der Waals surface area (Å²) in [5, 5.41) is 2.72. The summed E-state index contributed by atoms with van der Waals surface area (Å²) in [6.45, 7) is 5.90. The zero-order chi connectivity index (χ0) is 17.0. The van der Waals surface area contributed by atoms with Crippen molar-refractivity contribution in [3.05, 3.63) is 35.6 Å². The van der Waals surface area contributed by atoms with Crippen LogP contribution in [-0.2, 0) is 21.4 Å². The normalized spacial score (nSPS) is 12.5. The maximum atomic E-state index is 12.9. The molecule has 0 aliphatic heterocycles. The van der Waals surface area contributed by atoms with E-state index in [4.69, 9.17) is 0 Å². The number of benzene rings is 1. The minimum Gasteiger partial charge on any atom is -0.354 e. The molecule has 0 aliphatic rings. The van der Waals surface area contributed by atoms with Crippen LogP contribution in [0.2, 0.25) is 0 Å². The van der Waals surface area contributed by atoms with Crippen molar-refractivity contribution in [3.8, 4) is 0 Å². The molecule has 0 spiro atoms. The van der Waals surface area contributed by atoms with Gasteiger partial charge in [0.05, 0.1) is 6.26 Å². The van der Waals surface area contributed by atoms with Crippen LogP contribution in [0.25, 0.3) is 0 Å². The molecule has 0 heterocycles. The van der Waals surface area contributed by atoms with E-state index in [-0.39, 0.29) is 31.4 Å². The van der Waals surface area contributed by atoms with E-state index in [1.54, 1.807) is 32.9 Å². The van der Waals surface area contributed by atoms with Crippen LogP contribution in [0, 0.1) is 11.2 Å². The molecule has 0 saturated heterocycles. The summed E-state index contributed by atoms with van der Waals surface area (Å²) in [4.78, 5) is 11.8. The van der Waals surface area contributed by atoms with E-state index in [1.807, 2.05) is 0 Å². The van der Waals surface area contributed by atoms with E-state index in [9.17, 15) is 17.6 Å². The van der Waals surface area contributed by atoms with Crippen molar-refractivity contribution in [3.63, 3.8) is 0 Å². The summed E-state index contributed by atoms with van der Waals surface area (Å²) < 4.78 is 37.8. The first-order valence-corrected chi connectivity index (χ1v) is 8.83. The lowest BCUT2D eigenvalue weighted by molar-refractivity contribution is -0.128. The van der Waals surface area contributed by atoms with E-state index in [1.165, 1.54) is 16.4 Å². The van der Waals surface area contributed by atoms with Gasteiger partial charge >= 0.3 is 0 Å². The summed E-state index contributed by atoms with van der Waals surface area (Å²) >= 11 is 0. The number of nitrogens with one attached hydrogen (secondary N) is 1. The highest BCUT2D eigenvalue weighted by molar-refractivity contribution is 7.88. The summed E-state index contributed by atoms with van der Waals surface area (Å²) in [7, 11) is -3.42. The maximum absolute atomic E-state index is 12.9. The Morgan fingerprint density at radius 2 is 1.77 bits per heavy atom. The highest BCUT2D eigenvalue weighted by atomic mass is 32.2. The van der Waals surface area contributed by atoms with Gasteiger partial charge in [-0.15, -0.1) is 0 Å². The third-order valence-corrected chi connectivity index (χ3v) is 4.32. The number of halogens is 1. The largest absolute Gasteiger partial charge is 0.354 e. The molecule has 1 N–H and O–H groups in total. The monoisotopic (exact) mass is 330 g/mol. The lowest BCUT2D eigenvalue weighted by atomic mass is 9.96. The van der Waals surface area contributed by atoms with Crippen molar-refractivity contribution >= 4 is 15.9 Å². The molecule has 5 nitrogen and oxygen atoms in total. The fourth-order valence-corrected chi connectivity index (χ4v) is 2.52. The number of rotatable bonds is 6. The third kappa shape index (κ3) is 6.11. The third-order valence-electron chi connectivity index (χ3n) is 3.07. The molecule has 22 heavy (non-hydrogen) atoms. The molecular weight excluding hydrogens is 307 g/mol. The van der Waals surface area contributed by atoms with Gasteiger partial charge in [-0.05, 0) is 17.7 Å². The van der Waals surface area contributed by atoms with E-state index in [2.05, 4.69) is 5.32 Å². The molecule has 0 fully saturated rings. The molecule has 0 saturated carbocycles. The first-order chi connectivity index (χ1) is 10.00. The van der Waals surface area contributed by atoms with Crippen molar-refractivity contribution < 1.29 is 17.6 Å². The zero-order valence-electron chi connectivity index (χ0n) is 13.4. The smallest absolute Gasteiger partial charge is 0.225 e. The second-order valence-corrected chi connectivity index (χ2v) is 8.21. The van der Waals surface area contributed by atoms with Gasteiger partial charge in [0.1, 0.15) is 5.82 Å². The van der Waals surface area contributed by atoms with Gasteiger partial charge in [-0.25, -0.2) is 12.8 Å². The molecule has 0 atom stereocenters. The van der Waals surface area contributed by atoms with Crippen LogP contribution < -0.4 is 5.32 Å². The molecule has 0 radical (unpaired) electrons. The number of sulfonamides is 1. The second kappa shape index (κ2) is 7.19. The van der Waals surface area contributed by atoms with Gasteiger partial charge in [-0.3, -0.25) is 4.79 Å². The predicted octanol–water partition coefficient (Wildman–Crippen LogP) is 1.75. The molecule has 124 valence electrons. The van der Waals surface area contributed by atoms with Crippen molar-refractivity contribution in [2.75, 3.05) is 19.3 Å². The quantitative estimate of drug-likeness (QED) is 0.864. The van der Waals surface area contributed by atoms with Crippen LogP contribution in [0.5, 0.6) is 0 Å². The summed E-state index contributed by atoms with van der Waals surface area (Å²) in [6, 6.07) is 5.66. The Balaban J connectivity index is 2.67. The van der Waals surface area contributed by atoms with Gasteiger partial charge in [0.15, 0.2) is 0 Å². The van der Waals surface area contributed by atoms with Crippen LogP contribution in [0.4, 0.5) is 4.39 Å². The van der Waals surface area contributed by atoms with Gasteiger partial charge in [0.2, 0.25) is 15.9 Å². The zero-order valence-corrected chi connectivity index (χ0v) is 14.2. The Bertz CT molecular complexity index is 607. The second-order valence-electron chi connectivity index (χ2n) is 6.23. The summed E-state index contributed by atoms with van der Waals surface area (Å²) in [6.07, 6.45) is 1.11. The Hall–Kier alpha value is -1.47. The number of amides is 1. The number of hydrogen-bond donors (Lipinski definition) is 1. The van der Waals surface area contributed by atoms with E-state index < -0.39 is 15.4 Å². The fourth-order valence-electron chi connectivity index (χ4n) is 1.71. The Labute approximate surface area is 131 Å². The molecular formula is C15H23FN2O3S. The molecule has 0 unspecified atom stereocenters. The van der Waals surface area contributed by atoms with Crippen molar-refractivity contribution in [1.29, 1.82) is 0 Å². The van der Waals surface area contributed by atoms with Crippen LogP contribution in [0.15, 0.2) is 24.3 Å². The van der Waals surface area contributed by atoms with Gasteiger partial charge in [-0.2, -0.15) is 4.31 Å². The molecule has 0 aromatic heterocycles. The number of carbonyl (C=O) groups is 1. The average Bonchev–Trinajstić information content (AvgIpc) is 2.37. The lowest BCUT2D eigenvalue weighted by Gasteiger charge is -2.22. The van der Waals surface area contributed by atoms with Gasteiger partial charge in [0, 0.05) is 25.0 Å². The van der Waals surface area contributed by atoms with Gasteiger partial charge in [-0.1, -0.05) is 32.9 Å². The van der Waals surface area contributed by atoms with E-state index in [0.717, 1.165) is 6.26 Å². The molecule has 7 heteroatoms. The van der Waals surface area contributed by atoms with E-state index in [0.29, 0.717) is 5.56 Å². The van der Waals surface area contributed by atoms with Gasteiger partial charge < -0.3 is 5.32 Å². The highest BCUT2D eigenvalue weighted by Gasteiger charge is 2.22. The maximum Gasteiger partial charge on any atom is 0.225 e. The van der Waals surface area contributed by atoms with Crippen LogP contribution >= 0.6 is 0 Å². The van der Waals surface area contributed by atoms with Crippen molar-refractivity contribution in [2.24, 2.45) is 5.41 Å². The Morgan fingerprint density at radius 3 is 2.23 bits per heavy atom. The molecule has 1 aromatic rings. The van der Waals surface area contributed by atoms with Crippen LogP contribution in [0.3, 0.4) is 0 Å². The SMILES string of the molecule is CC(C)(C)C(=O)NCCN(Cc1ccc(F)cc1)S(C)(=O)=O. The Kier molecular flexibility index (Phi) is 6.08. The summed E-state index contributed by atoms with van der Waals surface area (Å²) in [5.74, 6) is -0.505. The molecule has 1 amide bonds. The highest BCUT2D eigenvalue weighted by Crippen LogP contribution is 2.13. The topological polar surface area (TPSA) is 66.5 Å². The number of hydrogen-bond acceptors (Lipinski definition) is 3. The van der Waals surface area contributed by atoms with E-state index >= 15 is 0 Å².